The molecule has 3 nitrogen and oxygen atoms in total. The largest absolute Gasteiger partial charge is 0.497 e. The number of ether oxygens (including phenoxy) is 1. The monoisotopic (exact) mass is 250 g/mol. The molecule has 2 radical (unpaired) electrons. The van der Waals surface area contributed by atoms with Crippen LogP contribution in [0.15, 0.2) is 18.2 Å². The summed E-state index contributed by atoms with van der Waals surface area (Å²) in [5.74, 6) is 0.853. The highest BCUT2D eigenvalue weighted by Gasteiger charge is 2.31. The SMILES string of the molecule is CC(C)(O)C(C)(C)O.[B]c1ccc(OC)cc1C. The van der Waals surface area contributed by atoms with Crippen molar-refractivity contribution in [2.24, 2.45) is 0 Å². The molecular formula is C14H23BO3. The van der Waals surface area contributed by atoms with E-state index in [-0.39, 0.29) is 0 Å². The molecule has 0 atom stereocenters. The average molecular weight is 250 g/mol. The first-order valence-corrected chi connectivity index (χ1v) is 5.84. The van der Waals surface area contributed by atoms with Gasteiger partial charge in [0, 0.05) is 0 Å². The average Bonchev–Trinajstić information content (AvgIpc) is 2.20. The fourth-order valence-corrected chi connectivity index (χ4v) is 0.775. The summed E-state index contributed by atoms with van der Waals surface area (Å²) in [6.07, 6.45) is 0. The highest BCUT2D eigenvalue weighted by Crippen LogP contribution is 2.19. The van der Waals surface area contributed by atoms with Crippen LogP contribution in [0.5, 0.6) is 5.75 Å². The van der Waals surface area contributed by atoms with Crippen molar-refractivity contribution in [2.75, 3.05) is 7.11 Å². The van der Waals surface area contributed by atoms with Crippen LogP contribution in [0.25, 0.3) is 0 Å². The molecule has 0 aliphatic rings. The Morgan fingerprint density at radius 3 is 1.78 bits per heavy atom. The molecule has 0 saturated carbocycles. The number of hydrogen-bond donors (Lipinski definition) is 2. The fraction of sp³-hybridized carbons (Fsp3) is 0.571. The van der Waals surface area contributed by atoms with Crippen molar-refractivity contribution in [3.05, 3.63) is 23.8 Å². The van der Waals surface area contributed by atoms with Crippen LogP contribution in [0.4, 0.5) is 0 Å². The Morgan fingerprint density at radius 2 is 1.50 bits per heavy atom. The Morgan fingerprint density at radius 1 is 1.06 bits per heavy atom. The summed E-state index contributed by atoms with van der Waals surface area (Å²) in [6.45, 7) is 8.26. The standard InChI is InChI=1S/C8H9BO.C6H14O2/c1-6-5-7(10-2)3-4-8(6)9;1-5(2,7)6(3,4)8/h3-5H,1-2H3;7-8H,1-4H3. The topological polar surface area (TPSA) is 49.7 Å². The molecule has 0 fully saturated rings. The smallest absolute Gasteiger partial charge is 0.119 e. The first-order chi connectivity index (χ1) is 7.99. The Kier molecular flexibility index (Phi) is 5.91. The molecule has 18 heavy (non-hydrogen) atoms. The molecule has 0 aromatic heterocycles. The molecule has 1 aromatic rings. The van der Waals surface area contributed by atoms with Crippen molar-refractivity contribution in [1.29, 1.82) is 0 Å². The summed E-state index contributed by atoms with van der Waals surface area (Å²) in [4.78, 5) is 0. The molecule has 0 saturated heterocycles. The van der Waals surface area contributed by atoms with E-state index in [2.05, 4.69) is 0 Å². The van der Waals surface area contributed by atoms with Gasteiger partial charge in [0.25, 0.3) is 0 Å². The number of rotatable bonds is 2. The Balaban J connectivity index is 0.000000331. The lowest BCUT2D eigenvalue weighted by Gasteiger charge is -2.31. The minimum atomic E-state index is -1.01. The van der Waals surface area contributed by atoms with Crippen LogP contribution in [0.3, 0.4) is 0 Å². The minimum Gasteiger partial charge on any atom is -0.497 e. The van der Waals surface area contributed by atoms with Crippen LogP contribution in [0, 0.1) is 6.92 Å². The van der Waals surface area contributed by atoms with Crippen LogP contribution in [0.2, 0.25) is 0 Å². The number of hydrogen-bond acceptors (Lipinski definition) is 3. The second-order valence-electron chi connectivity index (χ2n) is 5.34. The molecule has 4 heteroatoms. The van der Waals surface area contributed by atoms with Crippen molar-refractivity contribution < 1.29 is 14.9 Å². The summed E-state index contributed by atoms with van der Waals surface area (Å²) in [7, 11) is 7.23. The third-order valence-electron chi connectivity index (χ3n) is 2.97. The molecule has 0 amide bonds. The summed E-state index contributed by atoms with van der Waals surface area (Å²) >= 11 is 0. The zero-order valence-electron chi connectivity index (χ0n) is 12.1. The van der Waals surface area contributed by atoms with E-state index in [0.717, 1.165) is 16.8 Å². The summed E-state index contributed by atoms with van der Waals surface area (Å²) in [5, 5.41) is 18.2. The third kappa shape index (κ3) is 5.56. The van der Waals surface area contributed by atoms with Crippen LogP contribution in [-0.2, 0) is 0 Å². The molecule has 0 unspecified atom stereocenters. The lowest BCUT2D eigenvalue weighted by molar-refractivity contribution is -0.107. The fourth-order valence-electron chi connectivity index (χ4n) is 0.775. The van der Waals surface area contributed by atoms with E-state index >= 15 is 0 Å². The van der Waals surface area contributed by atoms with Gasteiger partial charge in [-0.15, -0.1) is 0 Å². The first-order valence-electron chi connectivity index (χ1n) is 5.84. The van der Waals surface area contributed by atoms with Crippen LogP contribution in [0.1, 0.15) is 33.3 Å². The first kappa shape index (κ1) is 17.0. The second-order valence-corrected chi connectivity index (χ2v) is 5.34. The van der Waals surface area contributed by atoms with Gasteiger partial charge in [0.1, 0.15) is 13.6 Å². The van der Waals surface area contributed by atoms with E-state index in [1.807, 2.05) is 25.1 Å². The Bertz CT molecular complexity index is 364. The number of methoxy groups -OCH3 is 1. The molecule has 1 aromatic carbocycles. The quantitative estimate of drug-likeness (QED) is 0.778. The molecule has 0 aliphatic carbocycles. The maximum absolute atomic E-state index is 9.10. The van der Waals surface area contributed by atoms with Crippen molar-refractivity contribution in [3.8, 4) is 5.75 Å². The molecule has 0 aliphatic heterocycles. The predicted molar refractivity (Wildman–Crippen MR) is 75.7 cm³/mol. The van der Waals surface area contributed by atoms with Gasteiger partial charge in [0.05, 0.1) is 18.3 Å². The predicted octanol–water partition coefficient (Wildman–Crippen LogP) is 1.33. The maximum Gasteiger partial charge on any atom is 0.119 e. The van der Waals surface area contributed by atoms with Crippen molar-refractivity contribution >= 4 is 13.3 Å². The van der Waals surface area contributed by atoms with E-state index in [1.165, 1.54) is 0 Å². The van der Waals surface area contributed by atoms with E-state index in [9.17, 15) is 0 Å². The van der Waals surface area contributed by atoms with E-state index in [4.69, 9.17) is 22.8 Å². The zero-order valence-corrected chi connectivity index (χ0v) is 12.1. The summed E-state index contributed by atoms with van der Waals surface area (Å²) in [6, 6.07) is 5.60. The van der Waals surface area contributed by atoms with E-state index in [0.29, 0.717) is 0 Å². The van der Waals surface area contributed by atoms with Crippen LogP contribution >= 0.6 is 0 Å². The van der Waals surface area contributed by atoms with E-state index < -0.39 is 11.2 Å². The maximum atomic E-state index is 9.10. The van der Waals surface area contributed by atoms with Gasteiger partial charge in [-0.2, -0.15) is 0 Å². The molecule has 2 N–H and O–H groups in total. The minimum absolute atomic E-state index is 0.806. The van der Waals surface area contributed by atoms with Gasteiger partial charge in [-0.25, -0.2) is 0 Å². The Hall–Kier alpha value is -0.995. The number of aliphatic hydroxyl groups is 2. The zero-order chi connectivity index (χ0) is 14.6. The Labute approximate surface area is 111 Å². The molecule has 0 bridgehead atoms. The van der Waals surface area contributed by atoms with Gasteiger partial charge in [-0.1, -0.05) is 17.1 Å². The molecule has 1 rings (SSSR count). The lowest BCUT2D eigenvalue weighted by Crippen LogP contribution is -2.44. The highest BCUT2D eigenvalue weighted by molar-refractivity contribution is 6.33. The number of aryl methyl sites for hydroxylation is 1. The van der Waals surface area contributed by atoms with Gasteiger partial charge >= 0.3 is 0 Å². The van der Waals surface area contributed by atoms with Crippen LogP contribution < -0.4 is 10.2 Å². The second kappa shape index (κ2) is 6.25. The van der Waals surface area contributed by atoms with Gasteiger partial charge in [-0.05, 0) is 46.8 Å². The van der Waals surface area contributed by atoms with Crippen molar-refractivity contribution in [2.45, 2.75) is 45.8 Å². The van der Waals surface area contributed by atoms with Crippen LogP contribution in [-0.4, -0.2) is 36.4 Å². The summed E-state index contributed by atoms with van der Waals surface area (Å²) in [5.41, 5.74) is -0.153. The molecule has 100 valence electrons. The third-order valence-corrected chi connectivity index (χ3v) is 2.97. The van der Waals surface area contributed by atoms with Gasteiger partial charge in [0.2, 0.25) is 0 Å². The van der Waals surface area contributed by atoms with Crippen molar-refractivity contribution in [1.82, 2.24) is 0 Å². The van der Waals surface area contributed by atoms with E-state index in [1.54, 1.807) is 34.8 Å². The highest BCUT2D eigenvalue weighted by atomic mass is 16.5. The van der Waals surface area contributed by atoms with Gasteiger partial charge in [-0.3, -0.25) is 0 Å². The van der Waals surface area contributed by atoms with Gasteiger partial charge < -0.3 is 14.9 Å². The lowest BCUT2D eigenvalue weighted by atomic mass is 9.90. The molecular weight excluding hydrogens is 227 g/mol. The molecule has 0 heterocycles. The molecule has 0 spiro atoms. The van der Waals surface area contributed by atoms with Crippen molar-refractivity contribution in [3.63, 3.8) is 0 Å². The summed E-state index contributed by atoms with van der Waals surface area (Å²) < 4.78 is 4.99. The normalized spacial score (nSPS) is 11.6. The van der Waals surface area contributed by atoms with Gasteiger partial charge in [0.15, 0.2) is 0 Å². The number of benzene rings is 1.